The average molecular weight is 330 g/mol. The maximum Gasteiger partial charge on any atom is 0.511 e. The second-order valence-corrected chi connectivity index (χ2v) is 6.88. The fourth-order valence-corrected chi connectivity index (χ4v) is 3.00. The summed E-state index contributed by atoms with van der Waals surface area (Å²) in [4.78, 5) is 4.11. The monoisotopic (exact) mass is 330 g/mol. The van der Waals surface area contributed by atoms with Crippen molar-refractivity contribution >= 4 is 16.0 Å². The van der Waals surface area contributed by atoms with E-state index in [9.17, 15) is 21.6 Å². The number of aliphatic imine (C=N–C) groups is 1. The van der Waals surface area contributed by atoms with Crippen LogP contribution < -0.4 is 11.1 Å². The third kappa shape index (κ3) is 5.03. The number of rotatable bonds is 5. The van der Waals surface area contributed by atoms with Crippen LogP contribution in [0.4, 0.5) is 13.2 Å². The summed E-state index contributed by atoms with van der Waals surface area (Å²) in [7, 11) is -5.21. The highest BCUT2D eigenvalue weighted by Gasteiger charge is 2.50. The van der Waals surface area contributed by atoms with Crippen molar-refractivity contribution < 1.29 is 21.6 Å². The molecule has 6 nitrogen and oxygen atoms in total. The van der Waals surface area contributed by atoms with Crippen molar-refractivity contribution in [3.8, 4) is 0 Å². The van der Waals surface area contributed by atoms with E-state index < -0.39 is 15.5 Å². The molecule has 1 saturated heterocycles. The van der Waals surface area contributed by atoms with Crippen LogP contribution >= 0.6 is 0 Å². The SMILES string of the molecule is CCCNC(N)=NCC1CCN(S(=O)(=O)C(F)(F)F)CC1. The molecule has 0 aromatic heterocycles. The van der Waals surface area contributed by atoms with Gasteiger partial charge in [-0.05, 0) is 25.2 Å². The Morgan fingerprint density at radius 3 is 2.43 bits per heavy atom. The highest BCUT2D eigenvalue weighted by Crippen LogP contribution is 2.30. The van der Waals surface area contributed by atoms with Gasteiger partial charge in [0.2, 0.25) is 0 Å². The molecule has 0 aromatic rings. The summed E-state index contributed by atoms with van der Waals surface area (Å²) < 4.78 is 60.2. The molecule has 0 bridgehead atoms. The van der Waals surface area contributed by atoms with Crippen LogP contribution in [0.1, 0.15) is 26.2 Å². The number of hydrogen-bond donors (Lipinski definition) is 2. The molecule has 0 saturated carbocycles. The Kier molecular flexibility index (Phi) is 6.26. The van der Waals surface area contributed by atoms with Crippen LogP contribution in [0, 0.1) is 5.92 Å². The fraction of sp³-hybridized carbons (Fsp3) is 0.909. The lowest BCUT2D eigenvalue weighted by Crippen LogP contribution is -2.45. The molecule has 1 aliphatic rings. The van der Waals surface area contributed by atoms with Crippen molar-refractivity contribution in [3.63, 3.8) is 0 Å². The van der Waals surface area contributed by atoms with Gasteiger partial charge in [0, 0.05) is 26.2 Å². The molecular formula is C11H21F3N4O2S. The number of alkyl halides is 3. The van der Waals surface area contributed by atoms with E-state index in [1.807, 2.05) is 6.92 Å². The van der Waals surface area contributed by atoms with Crippen LogP contribution in [0.15, 0.2) is 4.99 Å². The van der Waals surface area contributed by atoms with E-state index in [-0.39, 0.29) is 19.0 Å². The Hall–Kier alpha value is -1.03. The van der Waals surface area contributed by atoms with E-state index in [0.717, 1.165) is 6.42 Å². The molecule has 1 heterocycles. The van der Waals surface area contributed by atoms with Gasteiger partial charge < -0.3 is 11.1 Å². The molecular weight excluding hydrogens is 309 g/mol. The Labute approximate surface area is 122 Å². The maximum atomic E-state index is 12.4. The normalized spacial score (nSPS) is 19.7. The van der Waals surface area contributed by atoms with Crippen molar-refractivity contribution in [2.75, 3.05) is 26.2 Å². The number of halogens is 3. The van der Waals surface area contributed by atoms with Crippen LogP contribution in [0.3, 0.4) is 0 Å². The summed E-state index contributed by atoms with van der Waals surface area (Å²) in [5, 5.41) is 2.90. The summed E-state index contributed by atoms with van der Waals surface area (Å²) >= 11 is 0. The lowest BCUT2D eigenvalue weighted by molar-refractivity contribution is -0.0496. The molecule has 1 rings (SSSR count). The number of nitrogens with one attached hydrogen (secondary N) is 1. The molecule has 0 aromatic carbocycles. The maximum absolute atomic E-state index is 12.4. The Morgan fingerprint density at radius 1 is 1.38 bits per heavy atom. The molecule has 10 heteroatoms. The minimum Gasteiger partial charge on any atom is -0.370 e. The Morgan fingerprint density at radius 2 is 1.95 bits per heavy atom. The van der Waals surface area contributed by atoms with Gasteiger partial charge in [0.1, 0.15) is 0 Å². The topological polar surface area (TPSA) is 87.8 Å². The average Bonchev–Trinajstić information content (AvgIpc) is 2.42. The molecule has 0 amide bonds. The molecule has 21 heavy (non-hydrogen) atoms. The highest BCUT2D eigenvalue weighted by molar-refractivity contribution is 7.90. The predicted octanol–water partition coefficient (Wildman–Crippen LogP) is 0.862. The summed E-state index contributed by atoms with van der Waals surface area (Å²) in [6.45, 7) is 2.81. The van der Waals surface area contributed by atoms with Crippen molar-refractivity contribution in [1.82, 2.24) is 9.62 Å². The van der Waals surface area contributed by atoms with Gasteiger partial charge in [-0.25, -0.2) is 8.42 Å². The first-order valence-electron chi connectivity index (χ1n) is 6.78. The molecule has 0 atom stereocenters. The zero-order valence-electron chi connectivity index (χ0n) is 11.9. The van der Waals surface area contributed by atoms with E-state index in [0.29, 0.717) is 36.2 Å². The molecule has 1 fully saturated rings. The lowest BCUT2D eigenvalue weighted by Gasteiger charge is -2.30. The minimum absolute atomic E-state index is 0.0478. The van der Waals surface area contributed by atoms with Gasteiger partial charge in [0.15, 0.2) is 5.96 Å². The van der Waals surface area contributed by atoms with E-state index in [1.54, 1.807) is 0 Å². The van der Waals surface area contributed by atoms with Gasteiger partial charge >= 0.3 is 15.5 Å². The molecule has 3 N–H and O–H groups in total. The van der Waals surface area contributed by atoms with Crippen molar-refractivity contribution in [1.29, 1.82) is 0 Å². The fourth-order valence-electron chi connectivity index (χ4n) is 2.02. The van der Waals surface area contributed by atoms with Crippen LogP contribution in [-0.2, 0) is 10.0 Å². The first-order chi connectivity index (χ1) is 9.68. The van der Waals surface area contributed by atoms with Gasteiger partial charge in [-0.15, -0.1) is 0 Å². The van der Waals surface area contributed by atoms with Crippen molar-refractivity contribution in [3.05, 3.63) is 0 Å². The number of piperidine rings is 1. The minimum atomic E-state index is -5.23. The van der Waals surface area contributed by atoms with Crippen molar-refractivity contribution in [2.45, 2.75) is 31.7 Å². The van der Waals surface area contributed by atoms with Crippen LogP contribution in [-0.4, -0.2) is 50.4 Å². The van der Waals surface area contributed by atoms with E-state index in [4.69, 9.17) is 5.73 Å². The second-order valence-electron chi connectivity index (χ2n) is 4.95. The molecule has 124 valence electrons. The van der Waals surface area contributed by atoms with Crippen LogP contribution in [0.2, 0.25) is 0 Å². The molecule has 0 unspecified atom stereocenters. The van der Waals surface area contributed by atoms with Gasteiger partial charge in [-0.3, -0.25) is 4.99 Å². The van der Waals surface area contributed by atoms with Gasteiger partial charge in [0.05, 0.1) is 0 Å². The molecule has 0 radical (unpaired) electrons. The highest BCUT2D eigenvalue weighted by atomic mass is 32.2. The second kappa shape index (κ2) is 7.30. The molecule has 1 aliphatic heterocycles. The zero-order chi connectivity index (χ0) is 16.1. The largest absolute Gasteiger partial charge is 0.511 e. The Bertz CT molecular complexity index is 457. The van der Waals surface area contributed by atoms with Crippen LogP contribution in [0.5, 0.6) is 0 Å². The summed E-state index contributed by atoms with van der Waals surface area (Å²) in [5.74, 6) is 0.355. The number of hydrogen-bond acceptors (Lipinski definition) is 3. The quantitative estimate of drug-likeness (QED) is 0.578. The summed E-state index contributed by atoms with van der Waals surface area (Å²) in [6, 6.07) is 0. The number of nitrogens with zero attached hydrogens (tertiary/aromatic N) is 2. The summed E-state index contributed by atoms with van der Waals surface area (Å²) in [6.07, 6.45) is 1.60. The van der Waals surface area contributed by atoms with E-state index >= 15 is 0 Å². The van der Waals surface area contributed by atoms with E-state index in [1.165, 1.54) is 0 Å². The van der Waals surface area contributed by atoms with Crippen molar-refractivity contribution in [2.24, 2.45) is 16.6 Å². The smallest absolute Gasteiger partial charge is 0.370 e. The standard InChI is InChI=1S/C11H21F3N4O2S/c1-2-5-16-10(15)17-8-9-3-6-18(7-4-9)21(19,20)11(12,13)14/h9H,2-8H2,1H3,(H3,15,16,17). The number of sulfonamides is 1. The third-order valence-electron chi connectivity index (χ3n) is 3.28. The lowest BCUT2D eigenvalue weighted by atomic mass is 9.98. The van der Waals surface area contributed by atoms with Gasteiger partial charge in [-0.1, -0.05) is 6.92 Å². The van der Waals surface area contributed by atoms with Gasteiger partial charge in [0.25, 0.3) is 0 Å². The first kappa shape index (κ1) is 18.0. The van der Waals surface area contributed by atoms with Gasteiger partial charge in [-0.2, -0.15) is 17.5 Å². The Balaban J connectivity index is 2.46. The van der Waals surface area contributed by atoms with E-state index in [2.05, 4.69) is 10.3 Å². The third-order valence-corrected chi connectivity index (χ3v) is 4.91. The van der Waals surface area contributed by atoms with Crippen LogP contribution in [0.25, 0.3) is 0 Å². The predicted molar refractivity (Wildman–Crippen MR) is 74.1 cm³/mol. The number of guanidine groups is 1. The first-order valence-corrected chi connectivity index (χ1v) is 8.22. The number of nitrogens with two attached hydrogens (primary N) is 1. The molecule has 0 aliphatic carbocycles. The summed E-state index contributed by atoms with van der Waals surface area (Å²) in [5.41, 5.74) is 0.385. The molecule has 0 spiro atoms. The zero-order valence-corrected chi connectivity index (χ0v) is 12.7.